The topological polar surface area (TPSA) is 77.5 Å². The molecule has 1 aromatic heterocycles. The van der Waals surface area contributed by atoms with E-state index in [1.807, 2.05) is 30.3 Å². The number of hydrogen-bond acceptors (Lipinski definition) is 5. The molecular weight excluding hydrogens is 332 g/mol. The van der Waals surface area contributed by atoms with Gasteiger partial charge >= 0.3 is 6.09 Å². The Hall–Kier alpha value is -2.47. The maximum atomic E-state index is 12.6. The van der Waals surface area contributed by atoms with Gasteiger partial charge in [0.1, 0.15) is 11.6 Å². The number of hydrogen-bond donors (Lipinski definition) is 1. The number of ether oxygens (including phenoxy) is 2. The van der Waals surface area contributed by atoms with Crippen molar-refractivity contribution in [3.8, 4) is 0 Å². The fraction of sp³-hybridized carbons (Fsp3) is 0.450. The number of carbonyl (C=O) groups is 2. The number of rotatable bonds is 7. The lowest BCUT2D eigenvalue weighted by Crippen LogP contribution is -2.46. The SMILES string of the molecule is COC[C@H](NC(=O)OC(C)(C)C)C(=O)CCc1cccc2cccnc12. The number of aromatic nitrogens is 1. The number of benzene rings is 1. The zero-order chi connectivity index (χ0) is 19.2. The van der Waals surface area contributed by atoms with Crippen LogP contribution in [0.4, 0.5) is 4.79 Å². The Kier molecular flexibility index (Phi) is 6.69. The van der Waals surface area contributed by atoms with Gasteiger partial charge in [0.2, 0.25) is 0 Å². The van der Waals surface area contributed by atoms with E-state index in [1.54, 1.807) is 27.0 Å². The molecule has 2 rings (SSSR count). The molecule has 1 aromatic carbocycles. The Morgan fingerprint density at radius 2 is 1.92 bits per heavy atom. The Labute approximate surface area is 153 Å². The Balaban J connectivity index is 2.01. The van der Waals surface area contributed by atoms with Crippen molar-refractivity contribution in [2.75, 3.05) is 13.7 Å². The van der Waals surface area contributed by atoms with Crippen LogP contribution in [0.15, 0.2) is 36.5 Å². The van der Waals surface area contributed by atoms with E-state index in [0.29, 0.717) is 6.42 Å². The Morgan fingerprint density at radius 3 is 2.62 bits per heavy atom. The lowest BCUT2D eigenvalue weighted by Gasteiger charge is -2.22. The van der Waals surface area contributed by atoms with E-state index in [-0.39, 0.29) is 18.8 Å². The van der Waals surface area contributed by atoms with Gasteiger partial charge < -0.3 is 14.8 Å². The highest BCUT2D eigenvalue weighted by atomic mass is 16.6. The van der Waals surface area contributed by atoms with E-state index < -0.39 is 17.7 Å². The van der Waals surface area contributed by atoms with Crippen molar-refractivity contribution in [2.24, 2.45) is 0 Å². The van der Waals surface area contributed by atoms with Crippen LogP contribution in [0.5, 0.6) is 0 Å². The number of amides is 1. The Bertz CT molecular complexity index is 762. The molecule has 0 aliphatic rings. The van der Waals surface area contributed by atoms with Gasteiger partial charge in [0, 0.05) is 25.1 Å². The number of para-hydroxylation sites is 1. The molecule has 1 atom stereocenters. The molecule has 6 heteroatoms. The van der Waals surface area contributed by atoms with Crippen LogP contribution in [0.2, 0.25) is 0 Å². The number of ketones is 1. The normalized spacial score (nSPS) is 12.6. The first-order valence-corrected chi connectivity index (χ1v) is 8.64. The van der Waals surface area contributed by atoms with Crippen LogP contribution in [0.25, 0.3) is 10.9 Å². The predicted molar refractivity (Wildman–Crippen MR) is 100 cm³/mol. The number of fused-ring (bicyclic) bond motifs is 1. The van der Waals surface area contributed by atoms with Crippen LogP contribution in [0.1, 0.15) is 32.8 Å². The van der Waals surface area contributed by atoms with Crippen molar-refractivity contribution >= 4 is 22.8 Å². The number of pyridine rings is 1. The molecule has 2 aromatic rings. The van der Waals surface area contributed by atoms with Gasteiger partial charge in [0.05, 0.1) is 12.1 Å². The zero-order valence-corrected chi connectivity index (χ0v) is 15.7. The summed E-state index contributed by atoms with van der Waals surface area (Å²) in [6, 6.07) is 9.05. The average Bonchev–Trinajstić information content (AvgIpc) is 2.57. The molecule has 0 unspecified atom stereocenters. The summed E-state index contributed by atoms with van der Waals surface area (Å²) >= 11 is 0. The zero-order valence-electron chi connectivity index (χ0n) is 15.7. The van der Waals surface area contributed by atoms with Crippen LogP contribution in [-0.4, -0.2) is 42.2 Å². The van der Waals surface area contributed by atoms with Crippen molar-refractivity contribution in [1.82, 2.24) is 10.3 Å². The number of carbonyl (C=O) groups excluding carboxylic acids is 2. The predicted octanol–water partition coefficient (Wildman–Crippen LogP) is 3.28. The first kappa shape index (κ1) is 19.8. The highest BCUT2D eigenvalue weighted by Gasteiger charge is 2.24. The largest absolute Gasteiger partial charge is 0.444 e. The number of Topliss-reactive ketones (excluding diaryl/α,β-unsaturated/α-hetero) is 1. The van der Waals surface area contributed by atoms with Crippen molar-refractivity contribution in [3.05, 3.63) is 42.1 Å². The van der Waals surface area contributed by atoms with Gasteiger partial charge in [-0.3, -0.25) is 9.78 Å². The van der Waals surface area contributed by atoms with Gasteiger partial charge in [0.25, 0.3) is 0 Å². The highest BCUT2D eigenvalue weighted by Crippen LogP contribution is 2.17. The molecular formula is C20H26N2O4. The molecule has 1 amide bonds. The third-order valence-corrected chi connectivity index (χ3v) is 3.77. The maximum absolute atomic E-state index is 12.6. The first-order chi connectivity index (χ1) is 12.3. The minimum atomic E-state index is -0.738. The molecule has 0 aliphatic heterocycles. The van der Waals surface area contributed by atoms with Crippen LogP contribution >= 0.6 is 0 Å². The smallest absolute Gasteiger partial charge is 0.408 e. The Morgan fingerprint density at radius 1 is 1.19 bits per heavy atom. The van der Waals surface area contributed by atoms with Gasteiger partial charge in [-0.2, -0.15) is 0 Å². The summed E-state index contributed by atoms with van der Waals surface area (Å²) in [7, 11) is 1.49. The van der Waals surface area contributed by atoms with E-state index in [9.17, 15) is 9.59 Å². The summed E-state index contributed by atoms with van der Waals surface area (Å²) in [5.74, 6) is -0.106. The number of nitrogens with one attached hydrogen (secondary N) is 1. The molecule has 0 bridgehead atoms. The number of methoxy groups -OCH3 is 1. The van der Waals surface area contributed by atoms with E-state index in [0.717, 1.165) is 16.5 Å². The molecule has 6 nitrogen and oxygen atoms in total. The van der Waals surface area contributed by atoms with Gasteiger partial charge in [0.15, 0.2) is 5.78 Å². The van der Waals surface area contributed by atoms with E-state index in [1.165, 1.54) is 7.11 Å². The third-order valence-electron chi connectivity index (χ3n) is 3.77. The molecule has 1 N–H and O–H groups in total. The van der Waals surface area contributed by atoms with Gasteiger partial charge in [-0.05, 0) is 38.8 Å². The van der Waals surface area contributed by atoms with E-state index in [2.05, 4.69) is 10.3 Å². The summed E-state index contributed by atoms with van der Waals surface area (Å²) in [5, 5.41) is 3.64. The molecule has 0 fully saturated rings. The summed E-state index contributed by atoms with van der Waals surface area (Å²) in [6.45, 7) is 5.42. The van der Waals surface area contributed by atoms with Gasteiger partial charge in [-0.1, -0.05) is 24.3 Å². The van der Waals surface area contributed by atoms with Crippen LogP contribution in [-0.2, 0) is 20.7 Å². The number of aryl methyl sites for hydroxylation is 1. The second-order valence-electron chi connectivity index (χ2n) is 7.11. The number of alkyl carbamates (subject to hydrolysis) is 1. The standard InChI is InChI=1S/C20H26N2O4/c1-20(2,3)26-19(24)22-16(13-25-4)17(23)11-10-15-8-5-7-14-9-6-12-21-18(14)15/h5-9,12,16H,10-11,13H2,1-4H3,(H,22,24)/t16-/m0/s1. The molecule has 140 valence electrons. The molecule has 0 saturated heterocycles. The van der Waals surface area contributed by atoms with E-state index in [4.69, 9.17) is 9.47 Å². The fourth-order valence-electron chi connectivity index (χ4n) is 2.63. The molecule has 0 radical (unpaired) electrons. The van der Waals surface area contributed by atoms with Crippen molar-refractivity contribution in [1.29, 1.82) is 0 Å². The van der Waals surface area contributed by atoms with Crippen LogP contribution < -0.4 is 5.32 Å². The van der Waals surface area contributed by atoms with Crippen LogP contribution in [0, 0.1) is 0 Å². The molecule has 1 heterocycles. The summed E-state index contributed by atoms with van der Waals surface area (Å²) in [4.78, 5) is 28.9. The summed E-state index contributed by atoms with van der Waals surface area (Å²) in [5.41, 5.74) is 1.27. The minimum absolute atomic E-state index is 0.103. The lowest BCUT2D eigenvalue weighted by atomic mass is 10.0. The molecule has 26 heavy (non-hydrogen) atoms. The van der Waals surface area contributed by atoms with Crippen molar-refractivity contribution in [2.45, 2.75) is 45.3 Å². The fourth-order valence-corrected chi connectivity index (χ4v) is 2.63. The molecule has 0 aliphatic carbocycles. The first-order valence-electron chi connectivity index (χ1n) is 8.64. The van der Waals surface area contributed by atoms with Gasteiger partial charge in [-0.25, -0.2) is 4.79 Å². The second kappa shape index (κ2) is 8.76. The monoisotopic (exact) mass is 358 g/mol. The molecule has 0 saturated carbocycles. The average molecular weight is 358 g/mol. The second-order valence-corrected chi connectivity index (χ2v) is 7.11. The molecule has 0 spiro atoms. The quantitative estimate of drug-likeness (QED) is 0.822. The minimum Gasteiger partial charge on any atom is -0.444 e. The maximum Gasteiger partial charge on any atom is 0.408 e. The highest BCUT2D eigenvalue weighted by molar-refractivity contribution is 5.88. The summed E-state index contributed by atoms with van der Waals surface area (Å²) < 4.78 is 10.3. The van der Waals surface area contributed by atoms with Crippen molar-refractivity contribution in [3.63, 3.8) is 0 Å². The number of nitrogens with zero attached hydrogens (tertiary/aromatic N) is 1. The van der Waals surface area contributed by atoms with E-state index >= 15 is 0 Å². The van der Waals surface area contributed by atoms with Crippen LogP contribution in [0.3, 0.4) is 0 Å². The van der Waals surface area contributed by atoms with Crippen molar-refractivity contribution < 1.29 is 19.1 Å². The third kappa shape index (κ3) is 5.81. The van der Waals surface area contributed by atoms with Gasteiger partial charge in [-0.15, -0.1) is 0 Å². The lowest BCUT2D eigenvalue weighted by molar-refractivity contribution is -0.122. The summed E-state index contributed by atoms with van der Waals surface area (Å²) in [6.07, 6.45) is 1.94.